The molecule has 0 aliphatic carbocycles. The van der Waals surface area contributed by atoms with Crippen molar-refractivity contribution in [2.45, 2.75) is 39.2 Å². The van der Waals surface area contributed by atoms with E-state index < -0.39 is 0 Å². The van der Waals surface area contributed by atoms with Crippen molar-refractivity contribution in [2.24, 2.45) is 5.92 Å². The molecule has 182 valence electrons. The van der Waals surface area contributed by atoms with E-state index in [1.54, 1.807) is 24.2 Å². The number of nitrogens with zero attached hydrogens (tertiary/aromatic N) is 4. The zero-order chi connectivity index (χ0) is 24.1. The molecule has 2 N–H and O–H groups in total. The average Bonchev–Trinajstić information content (AvgIpc) is 3.31. The number of aromatic nitrogens is 2. The van der Waals surface area contributed by atoms with Crippen LogP contribution in [0.5, 0.6) is 5.75 Å². The number of piperidine rings is 1. The number of likely N-dealkylation sites (N-methyl/N-ethyl adjacent to an activating group) is 1. The van der Waals surface area contributed by atoms with Crippen LogP contribution in [0.15, 0.2) is 30.5 Å². The van der Waals surface area contributed by atoms with Gasteiger partial charge in [0.2, 0.25) is 11.9 Å². The fraction of sp³-hybridized carbons (Fsp3) is 0.520. The van der Waals surface area contributed by atoms with Crippen LogP contribution in [0.2, 0.25) is 0 Å². The molecule has 1 aromatic carbocycles. The predicted octanol–water partition coefficient (Wildman–Crippen LogP) is 2.34. The molecular formula is C25H34N6O3. The third-order valence-electron chi connectivity index (χ3n) is 6.31. The van der Waals surface area contributed by atoms with Crippen LogP contribution in [0.3, 0.4) is 0 Å². The van der Waals surface area contributed by atoms with E-state index >= 15 is 0 Å². The monoisotopic (exact) mass is 466 g/mol. The van der Waals surface area contributed by atoms with Crippen LogP contribution >= 0.6 is 0 Å². The van der Waals surface area contributed by atoms with Gasteiger partial charge in [0.05, 0.1) is 13.2 Å². The maximum Gasteiger partial charge on any atom is 0.259 e. The Morgan fingerprint density at radius 2 is 2.03 bits per heavy atom. The van der Waals surface area contributed by atoms with E-state index in [4.69, 9.17) is 4.74 Å². The highest BCUT2D eigenvalue weighted by atomic mass is 16.5. The molecule has 0 spiro atoms. The van der Waals surface area contributed by atoms with Gasteiger partial charge in [0.15, 0.2) is 0 Å². The first-order chi connectivity index (χ1) is 16.4. The largest absolute Gasteiger partial charge is 0.493 e. The Hall–Kier alpha value is -3.20. The van der Waals surface area contributed by atoms with E-state index in [1.165, 1.54) is 0 Å². The number of anilines is 2. The van der Waals surface area contributed by atoms with E-state index in [0.29, 0.717) is 42.9 Å². The van der Waals surface area contributed by atoms with Gasteiger partial charge in [-0.15, -0.1) is 0 Å². The van der Waals surface area contributed by atoms with Crippen LogP contribution in [0, 0.1) is 5.92 Å². The second-order valence-electron chi connectivity index (χ2n) is 9.27. The van der Waals surface area contributed by atoms with Gasteiger partial charge in [-0.2, -0.15) is 4.98 Å². The van der Waals surface area contributed by atoms with Crippen molar-refractivity contribution in [2.75, 3.05) is 50.1 Å². The second kappa shape index (κ2) is 10.8. The molecule has 3 heterocycles. The van der Waals surface area contributed by atoms with Crippen molar-refractivity contribution < 1.29 is 14.3 Å². The SMILES string of the molecule is CNC(=O)CN1CCC(CN(C(=O)c2ccc3c(c2)CCO3)c2ccnc(NC(C)C)n2)CC1. The standard InChI is InChI=1S/C25H34N6O3/c1-17(2)28-25-27-10-6-22(29-25)31(15-18-7-11-30(12-8-18)16-23(32)26-3)24(33)20-4-5-21-19(14-20)9-13-34-21/h4-6,10,14,17-18H,7-9,11-13,15-16H2,1-3H3,(H,26,32)(H,27,28,29). The molecule has 2 aromatic rings. The number of hydrogen-bond donors (Lipinski definition) is 2. The Morgan fingerprint density at radius 1 is 1.24 bits per heavy atom. The number of carbonyl (C=O) groups is 2. The molecule has 0 radical (unpaired) electrons. The lowest BCUT2D eigenvalue weighted by Crippen LogP contribution is -2.44. The van der Waals surface area contributed by atoms with Gasteiger partial charge in [-0.25, -0.2) is 4.98 Å². The van der Waals surface area contributed by atoms with Crippen LogP contribution in [0.1, 0.15) is 42.6 Å². The lowest BCUT2D eigenvalue weighted by atomic mass is 9.95. The number of amides is 2. The van der Waals surface area contributed by atoms with E-state index in [0.717, 1.165) is 43.7 Å². The van der Waals surface area contributed by atoms with Gasteiger partial charge in [0, 0.05) is 37.8 Å². The molecule has 9 nitrogen and oxygen atoms in total. The van der Waals surface area contributed by atoms with Gasteiger partial charge in [-0.3, -0.25) is 19.4 Å². The van der Waals surface area contributed by atoms with Crippen LogP contribution in [-0.4, -0.2) is 72.6 Å². The highest BCUT2D eigenvalue weighted by molar-refractivity contribution is 6.05. The molecular weight excluding hydrogens is 432 g/mol. The summed E-state index contributed by atoms with van der Waals surface area (Å²) in [7, 11) is 1.66. The topological polar surface area (TPSA) is 99.7 Å². The van der Waals surface area contributed by atoms with Gasteiger partial charge >= 0.3 is 0 Å². The lowest BCUT2D eigenvalue weighted by Gasteiger charge is -2.34. The minimum absolute atomic E-state index is 0.0296. The molecule has 2 amide bonds. The third kappa shape index (κ3) is 5.83. The fourth-order valence-electron chi connectivity index (χ4n) is 4.45. The summed E-state index contributed by atoms with van der Waals surface area (Å²) in [5.41, 5.74) is 1.71. The molecule has 0 atom stereocenters. The van der Waals surface area contributed by atoms with E-state index in [9.17, 15) is 9.59 Å². The molecule has 0 bridgehead atoms. The molecule has 1 saturated heterocycles. The molecule has 0 saturated carbocycles. The predicted molar refractivity (Wildman–Crippen MR) is 131 cm³/mol. The summed E-state index contributed by atoms with van der Waals surface area (Å²) in [5.74, 6) is 2.23. The number of likely N-dealkylation sites (tertiary alicyclic amines) is 1. The highest BCUT2D eigenvalue weighted by Crippen LogP contribution is 2.28. The summed E-state index contributed by atoms with van der Waals surface area (Å²) < 4.78 is 5.61. The molecule has 4 rings (SSSR count). The normalized spacial score (nSPS) is 16.1. The van der Waals surface area contributed by atoms with Crippen LogP contribution in [0.4, 0.5) is 11.8 Å². The first-order valence-corrected chi connectivity index (χ1v) is 12.0. The van der Waals surface area contributed by atoms with Crippen molar-refractivity contribution in [1.29, 1.82) is 0 Å². The summed E-state index contributed by atoms with van der Waals surface area (Å²) in [5, 5.41) is 5.91. The molecule has 9 heteroatoms. The van der Waals surface area contributed by atoms with Crippen molar-refractivity contribution in [3.8, 4) is 5.75 Å². The minimum atomic E-state index is -0.0725. The summed E-state index contributed by atoms with van der Waals surface area (Å²) in [6.07, 6.45) is 4.34. The first-order valence-electron chi connectivity index (χ1n) is 12.0. The van der Waals surface area contributed by atoms with Crippen molar-refractivity contribution >= 4 is 23.6 Å². The van der Waals surface area contributed by atoms with Gasteiger partial charge in [-0.1, -0.05) is 0 Å². The van der Waals surface area contributed by atoms with Crippen molar-refractivity contribution in [3.63, 3.8) is 0 Å². The Bertz CT molecular complexity index is 1020. The molecule has 2 aliphatic heterocycles. The molecule has 1 fully saturated rings. The van der Waals surface area contributed by atoms with Crippen LogP contribution < -0.4 is 20.3 Å². The fourth-order valence-corrected chi connectivity index (χ4v) is 4.45. The van der Waals surface area contributed by atoms with E-state index in [-0.39, 0.29) is 17.9 Å². The van der Waals surface area contributed by atoms with Crippen molar-refractivity contribution in [3.05, 3.63) is 41.6 Å². The van der Waals surface area contributed by atoms with Crippen LogP contribution in [0.25, 0.3) is 0 Å². The number of fused-ring (bicyclic) bond motifs is 1. The molecule has 2 aliphatic rings. The maximum absolute atomic E-state index is 13.7. The Labute approximate surface area is 200 Å². The quantitative estimate of drug-likeness (QED) is 0.616. The Balaban J connectivity index is 1.54. The first kappa shape index (κ1) is 23.9. The molecule has 0 unspecified atom stereocenters. The number of ether oxygens (including phenoxy) is 1. The lowest BCUT2D eigenvalue weighted by molar-refractivity contribution is -0.122. The average molecular weight is 467 g/mol. The summed E-state index contributed by atoms with van der Waals surface area (Å²) in [6.45, 7) is 7.36. The van der Waals surface area contributed by atoms with E-state index in [1.807, 2.05) is 32.0 Å². The third-order valence-corrected chi connectivity index (χ3v) is 6.31. The Morgan fingerprint density at radius 3 is 2.76 bits per heavy atom. The van der Waals surface area contributed by atoms with Gasteiger partial charge in [-0.05, 0) is 75.5 Å². The zero-order valence-electron chi connectivity index (χ0n) is 20.2. The number of rotatable bonds is 8. The summed E-state index contributed by atoms with van der Waals surface area (Å²) in [4.78, 5) is 38.4. The number of nitrogens with one attached hydrogen (secondary N) is 2. The molecule has 1 aromatic heterocycles. The number of carbonyl (C=O) groups excluding carboxylic acids is 2. The number of hydrogen-bond acceptors (Lipinski definition) is 7. The Kier molecular flexibility index (Phi) is 7.62. The summed E-state index contributed by atoms with van der Waals surface area (Å²) >= 11 is 0. The number of benzene rings is 1. The van der Waals surface area contributed by atoms with E-state index in [2.05, 4.69) is 25.5 Å². The van der Waals surface area contributed by atoms with Gasteiger partial charge < -0.3 is 15.4 Å². The smallest absolute Gasteiger partial charge is 0.259 e. The van der Waals surface area contributed by atoms with Gasteiger partial charge in [0.25, 0.3) is 5.91 Å². The minimum Gasteiger partial charge on any atom is -0.493 e. The maximum atomic E-state index is 13.7. The summed E-state index contributed by atoms with van der Waals surface area (Å²) in [6, 6.07) is 7.63. The highest BCUT2D eigenvalue weighted by Gasteiger charge is 2.28. The van der Waals surface area contributed by atoms with Crippen molar-refractivity contribution in [1.82, 2.24) is 20.2 Å². The zero-order valence-corrected chi connectivity index (χ0v) is 20.2. The molecule has 34 heavy (non-hydrogen) atoms. The second-order valence-corrected chi connectivity index (χ2v) is 9.27. The van der Waals surface area contributed by atoms with Crippen LogP contribution in [-0.2, 0) is 11.2 Å². The van der Waals surface area contributed by atoms with Gasteiger partial charge in [0.1, 0.15) is 11.6 Å².